The highest BCUT2D eigenvalue weighted by atomic mass is 16.5. The molecule has 0 aromatic carbocycles. The molecule has 1 saturated carbocycles. The minimum atomic E-state index is 0.578. The number of anilines is 1. The van der Waals surface area contributed by atoms with Crippen LogP contribution >= 0.6 is 0 Å². The number of hydrogen-bond donors (Lipinski definition) is 2. The van der Waals surface area contributed by atoms with Gasteiger partial charge in [-0.15, -0.1) is 0 Å². The maximum absolute atomic E-state index is 8.51. The van der Waals surface area contributed by atoms with Crippen LogP contribution in [0.15, 0.2) is 18.3 Å². The van der Waals surface area contributed by atoms with Gasteiger partial charge in [0.15, 0.2) is 0 Å². The predicted molar refractivity (Wildman–Crippen MR) is 61.5 cm³/mol. The fourth-order valence-corrected chi connectivity index (χ4v) is 2.54. The molecule has 2 aliphatic rings. The molecule has 4 nitrogen and oxygen atoms in total. The van der Waals surface area contributed by atoms with E-state index in [0.717, 1.165) is 29.6 Å². The maximum atomic E-state index is 8.51. The van der Waals surface area contributed by atoms with Crippen molar-refractivity contribution in [2.24, 2.45) is 11.8 Å². The van der Waals surface area contributed by atoms with E-state index in [1.807, 2.05) is 6.20 Å². The van der Waals surface area contributed by atoms with Crippen molar-refractivity contribution < 1.29 is 5.21 Å². The molecular formula is C12H17N3O. The second-order valence-corrected chi connectivity index (χ2v) is 4.84. The first kappa shape index (κ1) is 10.1. The average Bonchev–Trinajstić information content (AvgIpc) is 2.94. The SMILES string of the molecule is ONCCc1ccc(N2CC3CC3C2)nc1. The second kappa shape index (κ2) is 4.03. The third kappa shape index (κ3) is 1.90. The molecule has 2 atom stereocenters. The Bertz CT molecular complexity index is 355. The van der Waals surface area contributed by atoms with Crippen LogP contribution in [0.1, 0.15) is 12.0 Å². The van der Waals surface area contributed by atoms with E-state index in [-0.39, 0.29) is 0 Å². The first-order valence-electron chi connectivity index (χ1n) is 5.93. The van der Waals surface area contributed by atoms with E-state index in [9.17, 15) is 0 Å². The fraction of sp³-hybridized carbons (Fsp3) is 0.583. The fourth-order valence-electron chi connectivity index (χ4n) is 2.54. The molecule has 0 bridgehead atoms. The van der Waals surface area contributed by atoms with Crippen molar-refractivity contribution in [3.63, 3.8) is 0 Å². The van der Waals surface area contributed by atoms with Gasteiger partial charge in [-0.25, -0.2) is 10.5 Å². The molecule has 2 fully saturated rings. The minimum Gasteiger partial charge on any atom is -0.356 e. The van der Waals surface area contributed by atoms with E-state index in [4.69, 9.17) is 5.21 Å². The van der Waals surface area contributed by atoms with Crippen molar-refractivity contribution in [2.75, 3.05) is 24.5 Å². The van der Waals surface area contributed by atoms with E-state index in [2.05, 4.69) is 27.5 Å². The Balaban J connectivity index is 1.63. The summed E-state index contributed by atoms with van der Waals surface area (Å²) < 4.78 is 0. The molecule has 1 saturated heterocycles. The number of piperidine rings is 1. The highest BCUT2D eigenvalue weighted by Crippen LogP contribution is 2.45. The summed E-state index contributed by atoms with van der Waals surface area (Å²) >= 11 is 0. The lowest BCUT2D eigenvalue weighted by molar-refractivity contribution is 0.168. The molecule has 1 aliphatic heterocycles. The van der Waals surface area contributed by atoms with Crippen molar-refractivity contribution in [3.05, 3.63) is 23.9 Å². The van der Waals surface area contributed by atoms with Gasteiger partial charge in [0.05, 0.1) is 0 Å². The molecule has 0 spiro atoms. The summed E-state index contributed by atoms with van der Waals surface area (Å²) in [7, 11) is 0. The number of hydroxylamine groups is 1. The van der Waals surface area contributed by atoms with Crippen LogP contribution in [0, 0.1) is 11.8 Å². The van der Waals surface area contributed by atoms with Gasteiger partial charge in [-0.3, -0.25) is 0 Å². The Labute approximate surface area is 95.3 Å². The Morgan fingerprint density at radius 3 is 2.81 bits per heavy atom. The monoisotopic (exact) mass is 219 g/mol. The molecule has 1 aromatic heterocycles. The van der Waals surface area contributed by atoms with Gasteiger partial charge >= 0.3 is 0 Å². The van der Waals surface area contributed by atoms with E-state index in [0.29, 0.717) is 6.54 Å². The second-order valence-electron chi connectivity index (χ2n) is 4.84. The lowest BCUT2D eigenvalue weighted by atomic mass is 10.2. The van der Waals surface area contributed by atoms with Crippen molar-refractivity contribution >= 4 is 5.82 Å². The zero-order valence-electron chi connectivity index (χ0n) is 9.26. The van der Waals surface area contributed by atoms with Gasteiger partial charge in [0, 0.05) is 25.8 Å². The molecule has 86 valence electrons. The summed E-state index contributed by atoms with van der Waals surface area (Å²) in [5.74, 6) is 2.99. The number of fused-ring (bicyclic) bond motifs is 1. The molecular weight excluding hydrogens is 202 g/mol. The van der Waals surface area contributed by atoms with Gasteiger partial charge in [-0.05, 0) is 36.3 Å². The zero-order chi connectivity index (χ0) is 11.0. The molecule has 3 rings (SSSR count). The van der Waals surface area contributed by atoms with Crippen LogP contribution in [0.2, 0.25) is 0 Å². The summed E-state index contributed by atoms with van der Waals surface area (Å²) in [4.78, 5) is 6.87. The van der Waals surface area contributed by atoms with Gasteiger partial charge in [-0.1, -0.05) is 6.07 Å². The lowest BCUT2D eigenvalue weighted by Crippen LogP contribution is -2.22. The van der Waals surface area contributed by atoms with E-state index < -0.39 is 0 Å². The maximum Gasteiger partial charge on any atom is 0.128 e. The lowest BCUT2D eigenvalue weighted by Gasteiger charge is -2.18. The standard InChI is InChI=1S/C12H17N3O/c16-14-4-3-9-1-2-12(13-6-9)15-7-10-5-11(10)8-15/h1-2,6,10-11,14,16H,3-5,7-8H2. The van der Waals surface area contributed by atoms with E-state index in [1.165, 1.54) is 19.5 Å². The van der Waals surface area contributed by atoms with Crippen molar-refractivity contribution in [3.8, 4) is 0 Å². The molecule has 0 radical (unpaired) electrons. The van der Waals surface area contributed by atoms with Gasteiger partial charge in [0.1, 0.15) is 5.82 Å². The quantitative estimate of drug-likeness (QED) is 0.743. The molecule has 2 N–H and O–H groups in total. The molecule has 4 heteroatoms. The number of nitrogens with one attached hydrogen (secondary N) is 1. The third-order valence-electron chi connectivity index (χ3n) is 3.64. The van der Waals surface area contributed by atoms with E-state index >= 15 is 0 Å². The van der Waals surface area contributed by atoms with Crippen LogP contribution < -0.4 is 10.4 Å². The van der Waals surface area contributed by atoms with Gasteiger partial charge in [-0.2, -0.15) is 0 Å². The molecule has 2 heterocycles. The van der Waals surface area contributed by atoms with Crippen molar-refractivity contribution in [2.45, 2.75) is 12.8 Å². The van der Waals surface area contributed by atoms with Crippen LogP contribution in [0.5, 0.6) is 0 Å². The third-order valence-corrected chi connectivity index (χ3v) is 3.64. The molecule has 0 amide bonds. The Kier molecular flexibility index (Phi) is 2.53. The van der Waals surface area contributed by atoms with Crippen LogP contribution in [0.25, 0.3) is 0 Å². The predicted octanol–water partition coefficient (Wildman–Crippen LogP) is 1.06. The largest absolute Gasteiger partial charge is 0.356 e. The number of rotatable bonds is 4. The molecule has 16 heavy (non-hydrogen) atoms. The molecule has 1 aliphatic carbocycles. The minimum absolute atomic E-state index is 0.578. The Morgan fingerprint density at radius 2 is 2.19 bits per heavy atom. The number of aromatic nitrogens is 1. The van der Waals surface area contributed by atoms with Crippen molar-refractivity contribution in [1.29, 1.82) is 0 Å². The highest BCUT2D eigenvalue weighted by Gasteiger charge is 2.45. The smallest absolute Gasteiger partial charge is 0.128 e. The summed E-state index contributed by atoms with van der Waals surface area (Å²) in [6.45, 7) is 2.96. The molecule has 1 aromatic rings. The van der Waals surface area contributed by atoms with Gasteiger partial charge < -0.3 is 10.1 Å². The first-order valence-corrected chi connectivity index (χ1v) is 5.93. The summed E-state index contributed by atoms with van der Waals surface area (Å²) in [5.41, 5.74) is 3.32. The first-order chi connectivity index (χ1) is 7.86. The Hall–Kier alpha value is -1.13. The summed E-state index contributed by atoms with van der Waals surface area (Å²) in [5, 5.41) is 8.51. The van der Waals surface area contributed by atoms with E-state index in [1.54, 1.807) is 0 Å². The van der Waals surface area contributed by atoms with Crippen LogP contribution in [0.3, 0.4) is 0 Å². The number of hydrogen-bond acceptors (Lipinski definition) is 4. The average molecular weight is 219 g/mol. The van der Waals surface area contributed by atoms with Gasteiger partial charge in [0.25, 0.3) is 0 Å². The topological polar surface area (TPSA) is 48.4 Å². The summed E-state index contributed by atoms with van der Waals surface area (Å²) in [6, 6.07) is 4.20. The van der Waals surface area contributed by atoms with Crippen LogP contribution in [-0.4, -0.2) is 29.8 Å². The zero-order valence-corrected chi connectivity index (χ0v) is 9.26. The van der Waals surface area contributed by atoms with Crippen LogP contribution in [0.4, 0.5) is 5.82 Å². The Morgan fingerprint density at radius 1 is 1.38 bits per heavy atom. The van der Waals surface area contributed by atoms with Crippen molar-refractivity contribution in [1.82, 2.24) is 10.5 Å². The van der Waals surface area contributed by atoms with Gasteiger partial charge in [0.2, 0.25) is 0 Å². The molecule has 2 unspecified atom stereocenters. The number of pyridine rings is 1. The highest BCUT2D eigenvalue weighted by molar-refractivity contribution is 5.42. The number of nitrogens with zero attached hydrogens (tertiary/aromatic N) is 2. The van der Waals surface area contributed by atoms with Crippen LogP contribution in [-0.2, 0) is 6.42 Å². The normalized spacial score (nSPS) is 26.9. The summed E-state index contributed by atoms with van der Waals surface area (Å²) in [6.07, 6.45) is 4.16.